The van der Waals surface area contributed by atoms with Crippen LogP contribution in [-0.4, -0.2) is 22.6 Å². The summed E-state index contributed by atoms with van der Waals surface area (Å²) in [4.78, 5) is 21.9. The Labute approximate surface area is 157 Å². The normalized spacial score (nSPS) is 31.8. The number of allylic oxidation sites excluding steroid dienone is 1. The molecule has 0 saturated heterocycles. The Hall–Kier alpha value is -1.58. The molecule has 0 aromatic carbocycles. The van der Waals surface area contributed by atoms with Crippen molar-refractivity contribution < 1.29 is 19.4 Å². The highest BCUT2D eigenvalue weighted by atomic mass is 16.6. The first-order chi connectivity index (χ1) is 12.2. The van der Waals surface area contributed by atoms with Crippen LogP contribution in [-0.2, 0) is 14.3 Å². The predicted octanol–water partition coefficient (Wildman–Crippen LogP) is 5.28. The molecule has 0 aromatic rings. The van der Waals surface area contributed by atoms with Crippen LogP contribution >= 0.6 is 0 Å². The van der Waals surface area contributed by atoms with Gasteiger partial charge in [-0.2, -0.15) is 0 Å². The van der Waals surface area contributed by atoms with Gasteiger partial charge in [-0.05, 0) is 76.5 Å². The Morgan fingerprint density at radius 2 is 1.62 bits per heavy atom. The van der Waals surface area contributed by atoms with E-state index in [0.717, 1.165) is 56.3 Å². The second kappa shape index (κ2) is 8.88. The van der Waals surface area contributed by atoms with E-state index in [1.54, 1.807) is 19.9 Å². The molecule has 0 spiro atoms. The van der Waals surface area contributed by atoms with Crippen LogP contribution in [0.15, 0.2) is 23.8 Å². The minimum Gasteiger partial charge on any atom is -0.478 e. The van der Waals surface area contributed by atoms with E-state index in [1.165, 1.54) is 19.3 Å². The van der Waals surface area contributed by atoms with Gasteiger partial charge in [-0.3, -0.25) is 0 Å². The highest BCUT2D eigenvalue weighted by Gasteiger charge is 2.53. The molecule has 0 aliphatic heterocycles. The van der Waals surface area contributed by atoms with Gasteiger partial charge in [0.15, 0.2) is 0 Å². The van der Waals surface area contributed by atoms with Crippen LogP contribution in [0.2, 0.25) is 0 Å². The van der Waals surface area contributed by atoms with E-state index in [9.17, 15) is 9.59 Å². The van der Waals surface area contributed by atoms with Crippen LogP contribution in [0, 0.1) is 17.8 Å². The van der Waals surface area contributed by atoms with Crippen LogP contribution in [0.1, 0.15) is 78.6 Å². The van der Waals surface area contributed by atoms with Gasteiger partial charge in [0.1, 0.15) is 5.60 Å². The van der Waals surface area contributed by atoms with E-state index in [1.807, 2.05) is 0 Å². The molecule has 4 heteroatoms. The molecule has 26 heavy (non-hydrogen) atoms. The smallest absolute Gasteiger partial charge is 0.333 e. The molecule has 1 N–H and O–H groups in total. The largest absolute Gasteiger partial charge is 0.478 e. The molecule has 0 aromatic heterocycles. The highest BCUT2D eigenvalue weighted by molar-refractivity contribution is 5.87. The summed E-state index contributed by atoms with van der Waals surface area (Å²) in [5.74, 6) is 1.48. The monoisotopic (exact) mass is 362 g/mol. The van der Waals surface area contributed by atoms with Gasteiger partial charge in [0.2, 0.25) is 0 Å². The average Bonchev–Trinajstić information content (AvgIpc) is 2.53. The second-order valence-corrected chi connectivity index (χ2v) is 8.60. The molecule has 0 radical (unpaired) electrons. The van der Waals surface area contributed by atoms with Crippen molar-refractivity contribution in [1.29, 1.82) is 0 Å². The van der Waals surface area contributed by atoms with Gasteiger partial charge in [0.25, 0.3) is 0 Å². The summed E-state index contributed by atoms with van der Waals surface area (Å²) in [5.41, 5.74) is 0.884. The van der Waals surface area contributed by atoms with Crippen LogP contribution in [0.4, 0.5) is 0 Å². The molecule has 0 amide bonds. The molecule has 146 valence electrons. The maximum Gasteiger partial charge on any atom is 0.333 e. The molecule has 4 saturated carbocycles. The highest BCUT2D eigenvalue weighted by Crippen LogP contribution is 2.57. The Kier molecular flexibility index (Phi) is 7.08. The van der Waals surface area contributed by atoms with Crippen LogP contribution in [0.3, 0.4) is 0 Å². The number of unbranched alkanes of at least 4 members (excludes halogenated alkanes) is 2. The zero-order valence-corrected chi connectivity index (χ0v) is 16.6. The minimum absolute atomic E-state index is 0.106. The Morgan fingerprint density at radius 1 is 1.12 bits per heavy atom. The molecule has 4 nitrogen and oxygen atoms in total. The van der Waals surface area contributed by atoms with E-state index in [2.05, 4.69) is 13.5 Å². The average molecular weight is 363 g/mol. The summed E-state index contributed by atoms with van der Waals surface area (Å²) >= 11 is 0. The lowest BCUT2D eigenvalue weighted by Crippen LogP contribution is -2.52. The zero-order chi connectivity index (χ0) is 19.3. The van der Waals surface area contributed by atoms with Crippen molar-refractivity contribution in [2.24, 2.45) is 17.8 Å². The Bertz CT molecular complexity index is 537. The minimum atomic E-state index is -0.809. The molecular weight excluding hydrogens is 328 g/mol. The third kappa shape index (κ3) is 5.46. The first-order valence-corrected chi connectivity index (χ1v) is 10.0. The Morgan fingerprint density at radius 3 is 2.00 bits per heavy atom. The molecule has 4 rings (SSSR count). The summed E-state index contributed by atoms with van der Waals surface area (Å²) in [6.45, 7) is 9.13. The molecule has 4 bridgehead atoms. The number of carbonyl (C=O) groups is 2. The lowest BCUT2D eigenvalue weighted by molar-refractivity contribution is -0.182. The Balaban J connectivity index is 0.000000213. The van der Waals surface area contributed by atoms with Gasteiger partial charge in [-0.25, -0.2) is 9.59 Å². The number of carboxylic acids is 1. The fraction of sp³-hybridized carbons (Fsp3) is 0.727. The van der Waals surface area contributed by atoms with Gasteiger partial charge in [0, 0.05) is 11.1 Å². The fourth-order valence-electron chi connectivity index (χ4n) is 5.05. The van der Waals surface area contributed by atoms with Crippen molar-refractivity contribution in [1.82, 2.24) is 0 Å². The van der Waals surface area contributed by atoms with E-state index < -0.39 is 5.97 Å². The van der Waals surface area contributed by atoms with Gasteiger partial charge in [-0.1, -0.05) is 32.4 Å². The van der Waals surface area contributed by atoms with Gasteiger partial charge in [-0.15, -0.1) is 0 Å². The lowest BCUT2D eigenvalue weighted by Gasteiger charge is -2.55. The van der Waals surface area contributed by atoms with Crippen molar-refractivity contribution in [2.75, 3.05) is 0 Å². The first kappa shape index (κ1) is 20.7. The summed E-state index contributed by atoms with van der Waals surface area (Å²) in [5, 5.41) is 8.41. The van der Waals surface area contributed by atoms with Gasteiger partial charge < -0.3 is 9.84 Å². The SMILES string of the molecule is C=C(C)C(=O)OC12CC3CC(CC(C3)C1)C2.CCCCC=C(C)C(=O)O. The van der Waals surface area contributed by atoms with Crippen molar-refractivity contribution in [3.8, 4) is 0 Å². The number of hydrogen-bond acceptors (Lipinski definition) is 3. The number of aliphatic carboxylic acids is 1. The molecule has 0 unspecified atom stereocenters. The van der Waals surface area contributed by atoms with Gasteiger partial charge >= 0.3 is 11.9 Å². The van der Waals surface area contributed by atoms with Gasteiger partial charge in [0.05, 0.1) is 0 Å². The van der Waals surface area contributed by atoms with E-state index in [-0.39, 0.29) is 11.6 Å². The molecule has 0 atom stereocenters. The lowest BCUT2D eigenvalue weighted by atomic mass is 9.54. The van der Waals surface area contributed by atoms with E-state index >= 15 is 0 Å². The van der Waals surface area contributed by atoms with Crippen molar-refractivity contribution in [2.45, 2.75) is 84.2 Å². The number of hydrogen-bond donors (Lipinski definition) is 1. The summed E-state index contributed by atoms with van der Waals surface area (Å²) in [7, 11) is 0. The molecule has 4 aliphatic carbocycles. The number of carboxylic acid groups (broad SMARTS) is 1. The summed E-state index contributed by atoms with van der Waals surface area (Å²) < 4.78 is 5.77. The third-order valence-electron chi connectivity index (χ3n) is 5.99. The second-order valence-electron chi connectivity index (χ2n) is 8.60. The molecule has 4 fully saturated rings. The standard InChI is InChI=1S/C14H20O2.C8H14O2/c1-9(2)13(15)16-14-6-10-3-11(7-14)5-12(4-10)8-14;1-3-4-5-6-7(2)8(9)10/h10-12H,1,3-8H2,2H3;6H,3-5H2,1-2H3,(H,9,10). The van der Waals surface area contributed by atoms with Crippen LogP contribution < -0.4 is 0 Å². The first-order valence-electron chi connectivity index (χ1n) is 10.0. The maximum atomic E-state index is 11.7. The summed E-state index contributed by atoms with van der Waals surface area (Å²) in [6, 6.07) is 0. The molecule has 0 heterocycles. The summed E-state index contributed by atoms with van der Waals surface area (Å²) in [6.07, 6.45) is 12.3. The molecule has 4 aliphatic rings. The van der Waals surface area contributed by atoms with E-state index in [4.69, 9.17) is 9.84 Å². The predicted molar refractivity (Wildman–Crippen MR) is 103 cm³/mol. The topological polar surface area (TPSA) is 63.6 Å². The van der Waals surface area contributed by atoms with Crippen LogP contribution in [0.25, 0.3) is 0 Å². The van der Waals surface area contributed by atoms with Crippen molar-refractivity contribution in [3.05, 3.63) is 23.8 Å². The zero-order valence-electron chi connectivity index (χ0n) is 16.6. The number of carbonyl (C=O) groups excluding carboxylic acids is 1. The maximum absolute atomic E-state index is 11.7. The number of esters is 1. The number of ether oxygens (including phenoxy) is 1. The van der Waals surface area contributed by atoms with Crippen molar-refractivity contribution in [3.63, 3.8) is 0 Å². The molecular formula is C22H34O4. The van der Waals surface area contributed by atoms with Crippen molar-refractivity contribution >= 4 is 11.9 Å². The quantitative estimate of drug-likeness (QED) is 0.396. The number of rotatable bonds is 6. The third-order valence-corrected chi connectivity index (χ3v) is 5.99. The van der Waals surface area contributed by atoms with Crippen LogP contribution in [0.5, 0.6) is 0 Å². The fourth-order valence-corrected chi connectivity index (χ4v) is 5.05. The van der Waals surface area contributed by atoms with E-state index in [0.29, 0.717) is 11.1 Å².